The molecule has 4 nitrogen and oxygen atoms in total. The number of nitrogens with one attached hydrogen (secondary N) is 2. The van der Waals surface area contributed by atoms with E-state index < -0.39 is 0 Å². The molecule has 18 heavy (non-hydrogen) atoms. The fourth-order valence-electron chi connectivity index (χ4n) is 1.58. The molecule has 0 aromatic carbocycles. The zero-order valence-corrected chi connectivity index (χ0v) is 14.0. The van der Waals surface area contributed by atoms with Crippen LogP contribution in [0, 0.1) is 5.92 Å². The minimum atomic E-state index is 0. The van der Waals surface area contributed by atoms with Crippen LogP contribution in [0.3, 0.4) is 0 Å². The lowest BCUT2D eigenvalue weighted by Gasteiger charge is -2.11. The lowest BCUT2D eigenvalue weighted by atomic mass is 10.2. The summed E-state index contributed by atoms with van der Waals surface area (Å²) in [7, 11) is 1.81. The number of rotatable bonds is 9. The Kier molecular flexibility index (Phi) is 12.0. The molecule has 0 radical (unpaired) electrons. The van der Waals surface area contributed by atoms with Gasteiger partial charge in [0.05, 0.1) is 6.61 Å². The third-order valence-electron chi connectivity index (χ3n) is 2.89. The summed E-state index contributed by atoms with van der Waals surface area (Å²) in [4.78, 5) is 4.17. The number of hydrogen-bond donors (Lipinski definition) is 2. The molecule has 0 spiro atoms. The molecule has 1 fully saturated rings. The topological polar surface area (TPSA) is 45.7 Å². The van der Waals surface area contributed by atoms with Crippen LogP contribution in [0.4, 0.5) is 0 Å². The predicted molar refractivity (Wildman–Crippen MR) is 87.8 cm³/mol. The van der Waals surface area contributed by atoms with Gasteiger partial charge in [-0.25, -0.2) is 0 Å². The summed E-state index contributed by atoms with van der Waals surface area (Å²) in [6.07, 6.45) is 6.44. The first-order valence-electron chi connectivity index (χ1n) is 6.89. The SMILES string of the molecule is CCCCCNC(=NC)NCCOCC1CC1.I. The van der Waals surface area contributed by atoms with Crippen molar-refractivity contribution in [2.75, 3.05) is 33.4 Å². The van der Waals surface area contributed by atoms with E-state index in [1.54, 1.807) is 7.05 Å². The molecule has 108 valence electrons. The minimum Gasteiger partial charge on any atom is -0.379 e. The Hall–Kier alpha value is -0.0400. The van der Waals surface area contributed by atoms with Gasteiger partial charge in [0, 0.05) is 26.7 Å². The number of ether oxygens (including phenoxy) is 1. The van der Waals surface area contributed by atoms with Crippen LogP contribution in [-0.2, 0) is 4.74 Å². The van der Waals surface area contributed by atoms with Crippen LogP contribution in [0.5, 0.6) is 0 Å². The molecule has 0 bridgehead atoms. The molecule has 1 aliphatic rings. The van der Waals surface area contributed by atoms with Crippen molar-refractivity contribution in [1.82, 2.24) is 10.6 Å². The zero-order valence-electron chi connectivity index (χ0n) is 11.7. The number of halogens is 1. The summed E-state index contributed by atoms with van der Waals surface area (Å²) < 4.78 is 5.55. The number of unbranched alkanes of at least 4 members (excludes halogenated alkanes) is 2. The van der Waals surface area contributed by atoms with Gasteiger partial charge in [-0.1, -0.05) is 19.8 Å². The van der Waals surface area contributed by atoms with Crippen molar-refractivity contribution in [1.29, 1.82) is 0 Å². The molecule has 0 amide bonds. The lowest BCUT2D eigenvalue weighted by molar-refractivity contribution is 0.129. The normalized spacial score (nSPS) is 15.1. The second kappa shape index (κ2) is 12.0. The quantitative estimate of drug-likeness (QED) is 0.284. The predicted octanol–water partition coefficient (Wildman–Crippen LogP) is 2.39. The van der Waals surface area contributed by atoms with Crippen LogP contribution in [0.2, 0.25) is 0 Å². The molecule has 1 saturated carbocycles. The average molecular weight is 369 g/mol. The summed E-state index contributed by atoms with van der Waals surface area (Å²) in [6, 6.07) is 0. The van der Waals surface area contributed by atoms with Gasteiger partial charge < -0.3 is 15.4 Å². The Morgan fingerprint density at radius 2 is 1.94 bits per heavy atom. The molecule has 1 aliphatic carbocycles. The van der Waals surface area contributed by atoms with Gasteiger partial charge in [-0.3, -0.25) is 4.99 Å². The Bertz CT molecular complexity index is 220. The molecular formula is C13H28IN3O. The maximum atomic E-state index is 5.55. The highest BCUT2D eigenvalue weighted by molar-refractivity contribution is 14.0. The van der Waals surface area contributed by atoms with Crippen LogP contribution in [0.1, 0.15) is 39.0 Å². The molecule has 0 atom stereocenters. The lowest BCUT2D eigenvalue weighted by Crippen LogP contribution is -2.39. The first-order valence-corrected chi connectivity index (χ1v) is 6.89. The van der Waals surface area contributed by atoms with E-state index in [1.807, 2.05) is 0 Å². The van der Waals surface area contributed by atoms with Crippen LogP contribution in [0.15, 0.2) is 4.99 Å². The van der Waals surface area contributed by atoms with E-state index in [0.29, 0.717) is 0 Å². The monoisotopic (exact) mass is 369 g/mol. The summed E-state index contributed by atoms with van der Waals surface area (Å²) >= 11 is 0. The highest BCUT2D eigenvalue weighted by Crippen LogP contribution is 2.28. The van der Waals surface area contributed by atoms with E-state index in [4.69, 9.17) is 4.74 Å². The van der Waals surface area contributed by atoms with Crippen molar-refractivity contribution in [3.8, 4) is 0 Å². The molecule has 1 rings (SSSR count). The van der Waals surface area contributed by atoms with Crippen LogP contribution in [0.25, 0.3) is 0 Å². The molecule has 0 aromatic rings. The molecule has 0 aromatic heterocycles. The van der Waals surface area contributed by atoms with Crippen molar-refractivity contribution < 1.29 is 4.74 Å². The highest BCUT2D eigenvalue weighted by atomic mass is 127. The Morgan fingerprint density at radius 1 is 1.22 bits per heavy atom. The third-order valence-corrected chi connectivity index (χ3v) is 2.89. The van der Waals surface area contributed by atoms with Crippen molar-refractivity contribution >= 4 is 29.9 Å². The Morgan fingerprint density at radius 3 is 2.56 bits per heavy atom. The van der Waals surface area contributed by atoms with Crippen LogP contribution < -0.4 is 10.6 Å². The zero-order chi connectivity index (χ0) is 12.3. The Labute approximate surface area is 128 Å². The van der Waals surface area contributed by atoms with E-state index in [0.717, 1.165) is 38.2 Å². The number of aliphatic imine (C=N–C) groups is 1. The van der Waals surface area contributed by atoms with E-state index in [2.05, 4.69) is 22.5 Å². The molecule has 0 unspecified atom stereocenters. The molecule has 5 heteroatoms. The molecule has 0 aliphatic heterocycles. The summed E-state index contributed by atoms with van der Waals surface area (Å²) in [5, 5.41) is 6.55. The van der Waals surface area contributed by atoms with E-state index in [9.17, 15) is 0 Å². The van der Waals surface area contributed by atoms with Gasteiger partial charge in [-0.15, -0.1) is 24.0 Å². The Balaban J connectivity index is 0.00000289. The van der Waals surface area contributed by atoms with Gasteiger partial charge in [0.2, 0.25) is 0 Å². The van der Waals surface area contributed by atoms with Crippen molar-refractivity contribution in [2.45, 2.75) is 39.0 Å². The summed E-state index contributed by atoms with van der Waals surface area (Å²) in [5.41, 5.74) is 0. The van der Waals surface area contributed by atoms with Crippen LogP contribution in [-0.4, -0.2) is 39.3 Å². The average Bonchev–Trinajstić information content (AvgIpc) is 3.15. The smallest absolute Gasteiger partial charge is 0.191 e. The van der Waals surface area contributed by atoms with Gasteiger partial charge in [0.15, 0.2) is 5.96 Å². The fraction of sp³-hybridized carbons (Fsp3) is 0.923. The van der Waals surface area contributed by atoms with E-state index >= 15 is 0 Å². The van der Waals surface area contributed by atoms with Crippen molar-refractivity contribution in [3.05, 3.63) is 0 Å². The van der Waals surface area contributed by atoms with Gasteiger partial charge in [0.1, 0.15) is 0 Å². The summed E-state index contributed by atoms with van der Waals surface area (Å²) in [6.45, 7) is 5.75. The standard InChI is InChI=1S/C13H27N3O.HI/c1-3-4-5-8-15-13(14-2)16-9-10-17-11-12-6-7-12;/h12H,3-11H2,1-2H3,(H2,14,15,16);1H. The number of nitrogens with zero attached hydrogens (tertiary/aromatic N) is 1. The minimum absolute atomic E-state index is 0. The third kappa shape index (κ3) is 9.94. The highest BCUT2D eigenvalue weighted by Gasteiger charge is 2.20. The first kappa shape index (κ1) is 18.0. The van der Waals surface area contributed by atoms with E-state index in [-0.39, 0.29) is 24.0 Å². The first-order chi connectivity index (χ1) is 8.36. The van der Waals surface area contributed by atoms with Gasteiger partial charge in [-0.05, 0) is 25.2 Å². The molecular weight excluding hydrogens is 341 g/mol. The van der Waals surface area contributed by atoms with E-state index in [1.165, 1.54) is 32.1 Å². The number of guanidine groups is 1. The second-order valence-corrected chi connectivity index (χ2v) is 4.65. The van der Waals surface area contributed by atoms with Crippen molar-refractivity contribution in [3.63, 3.8) is 0 Å². The van der Waals surface area contributed by atoms with Gasteiger partial charge in [0.25, 0.3) is 0 Å². The van der Waals surface area contributed by atoms with Crippen LogP contribution >= 0.6 is 24.0 Å². The largest absolute Gasteiger partial charge is 0.379 e. The second-order valence-electron chi connectivity index (χ2n) is 4.65. The molecule has 0 saturated heterocycles. The maximum absolute atomic E-state index is 5.55. The van der Waals surface area contributed by atoms with Crippen molar-refractivity contribution in [2.24, 2.45) is 10.9 Å². The molecule has 0 heterocycles. The molecule has 2 N–H and O–H groups in total. The fourth-order valence-corrected chi connectivity index (χ4v) is 1.58. The van der Waals surface area contributed by atoms with Gasteiger partial charge in [-0.2, -0.15) is 0 Å². The number of hydrogen-bond acceptors (Lipinski definition) is 2. The maximum Gasteiger partial charge on any atom is 0.191 e. The van der Waals surface area contributed by atoms with Gasteiger partial charge >= 0.3 is 0 Å². The summed E-state index contributed by atoms with van der Waals surface area (Å²) in [5.74, 6) is 1.73.